The van der Waals surface area contributed by atoms with Gasteiger partial charge >= 0.3 is 5.97 Å². The topological polar surface area (TPSA) is 112 Å². The van der Waals surface area contributed by atoms with Gasteiger partial charge in [0.1, 0.15) is 0 Å². The Bertz CT molecular complexity index is 1730. The van der Waals surface area contributed by atoms with Gasteiger partial charge in [-0.3, -0.25) is 9.59 Å². The first-order valence-corrected chi connectivity index (χ1v) is 14.8. The predicted molar refractivity (Wildman–Crippen MR) is 157 cm³/mol. The zero-order valence-corrected chi connectivity index (χ0v) is 24.0. The normalized spacial score (nSPS) is 11.2. The number of carbonyl (C=O) groups excluding carboxylic acids is 2. The maximum atomic E-state index is 13.5. The van der Waals surface area contributed by atoms with Crippen LogP contribution in [0.4, 0.5) is 0 Å². The summed E-state index contributed by atoms with van der Waals surface area (Å²) in [5.41, 5.74) is 3.42. The van der Waals surface area contributed by atoms with Crippen molar-refractivity contribution in [3.8, 4) is 11.1 Å². The number of hydrogen-bond donors (Lipinski definition) is 1. The molecule has 0 atom stereocenters. The van der Waals surface area contributed by atoms with E-state index in [-0.39, 0.29) is 28.1 Å². The molecule has 4 rings (SSSR count). The fraction of sp³-hybridized carbons (Fsp3) is 0.219. The predicted octanol–water partition coefficient (Wildman–Crippen LogP) is 5.12. The minimum Gasteiger partial charge on any atom is -0.465 e. The fourth-order valence-corrected chi connectivity index (χ4v) is 5.48. The number of methoxy groups -OCH3 is 1. The molecule has 0 radical (unpaired) electrons. The van der Waals surface area contributed by atoms with Crippen LogP contribution >= 0.6 is 0 Å². The van der Waals surface area contributed by atoms with E-state index in [1.807, 2.05) is 44.2 Å². The highest BCUT2D eigenvalue weighted by Crippen LogP contribution is 2.26. The summed E-state index contributed by atoms with van der Waals surface area (Å²) in [4.78, 5) is 38.7. The molecule has 1 amide bonds. The van der Waals surface area contributed by atoms with Crippen LogP contribution in [0.25, 0.3) is 11.1 Å². The van der Waals surface area contributed by atoms with Gasteiger partial charge in [-0.2, -0.15) is 0 Å². The average molecular weight is 573 g/mol. The Labute approximate surface area is 239 Å². The first-order valence-electron chi connectivity index (χ1n) is 13.3. The third kappa shape index (κ3) is 6.99. The summed E-state index contributed by atoms with van der Waals surface area (Å²) < 4.78 is 34.6. The van der Waals surface area contributed by atoms with E-state index < -0.39 is 21.9 Å². The molecular weight excluding hydrogens is 540 g/mol. The number of esters is 1. The summed E-state index contributed by atoms with van der Waals surface area (Å²) in [6, 6.07) is 23.4. The Balaban J connectivity index is 1.76. The molecule has 1 N–H and O–H groups in total. The molecule has 0 saturated carbocycles. The molecule has 0 spiro atoms. The first-order chi connectivity index (χ1) is 19.6. The Morgan fingerprint density at radius 1 is 0.927 bits per heavy atom. The minimum absolute atomic E-state index is 0.0216. The number of pyridine rings is 1. The number of rotatable bonds is 10. The maximum absolute atomic E-state index is 13.5. The van der Waals surface area contributed by atoms with Crippen molar-refractivity contribution in [2.45, 2.75) is 44.6 Å². The van der Waals surface area contributed by atoms with Crippen LogP contribution in [0, 0.1) is 6.92 Å². The number of nitrogens with one attached hydrogen (secondary N) is 1. The Morgan fingerprint density at radius 3 is 2.29 bits per heavy atom. The Kier molecular flexibility index (Phi) is 9.19. The van der Waals surface area contributed by atoms with Crippen LogP contribution in [0.2, 0.25) is 0 Å². The second-order valence-corrected chi connectivity index (χ2v) is 11.4. The molecule has 41 heavy (non-hydrogen) atoms. The van der Waals surface area contributed by atoms with Gasteiger partial charge in [0.15, 0.2) is 0 Å². The molecule has 3 aromatic carbocycles. The second kappa shape index (κ2) is 12.8. The van der Waals surface area contributed by atoms with Crippen LogP contribution in [0.1, 0.15) is 57.3 Å². The number of carbonyl (C=O) groups is 2. The number of sulfonamides is 1. The van der Waals surface area contributed by atoms with Gasteiger partial charge in [0.05, 0.1) is 24.1 Å². The second-order valence-electron chi connectivity index (χ2n) is 9.75. The Morgan fingerprint density at radius 2 is 1.63 bits per heavy atom. The number of aromatic nitrogens is 1. The van der Waals surface area contributed by atoms with Gasteiger partial charge in [-0.25, -0.2) is 17.9 Å². The van der Waals surface area contributed by atoms with Crippen molar-refractivity contribution in [3.63, 3.8) is 0 Å². The molecule has 0 aliphatic carbocycles. The lowest BCUT2D eigenvalue weighted by Crippen LogP contribution is -2.31. The highest BCUT2D eigenvalue weighted by Gasteiger charge is 2.22. The van der Waals surface area contributed by atoms with E-state index in [1.165, 1.54) is 25.3 Å². The van der Waals surface area contributed by atoms with Crippen molar-refractivity contribution < 1.29 is 22.7 Å². The van der Waals surface area contributed by atoms with Crippen molar-refractivity contribution in [1.82, 2.24) is 9.29 Å². The van der Waals surface area contributed by atoms with Crippen molar-refractivity contribution >= 4 is 21.9 Å². The highest BCUT2D eigenvalue weighted by molar-refractivity contribution is 7.90. The Hall–Kier alpha value is -4.50. The molecule has 9 heteroatoms. The van der Waals surface area contributed by atoms with Crippen molar-refractivity contribution in [3.05, 3.63) is 123 Å². The van der Waals surface area contributed by atoms with Crippen LogP contribution in [0.5, 0.6) is 0 Å². The van der Waals surface area contributed by atoms with Crippen molar-refractivity contribution in [2.75, 3.05) is 7.11 Å². The van der Waals surface area contributed by atoms with Gasteiger partial charge in [0, 0.05) is 17.3 Å². The van der Waals surface area contributed by atoms with Gasteiger partial charge < -0.3 is 9.30 Å². The summed E-state index contributed by atoms with van der Waals surface area (Å²) in [5, 5.41) is 0. The molecule has 1 aromatic heterocycles. The van der Waals surface area contributed by atoms with Crippen LogP contribution < -0.4 is 10.3 Å². The van der Waals surface area contributed by atoms with Gasteiger partial charge in [0.2, 0.25) is 0 Å². The number of benzene rings is 3. The molecule has 0 bridgehead atoms. The molecule has 0 unspecified atom stereocenters. The highest BCUT2D eigenvalue weighted by atomic mass is 32.2. The number of aryl methyl sites for hydroxylation is 2. The standard InChI is InChI=1S/C32H32N2O6S/c1-4-5-11-26-19-25(32(37)40-3)20-30(35)34(26)21-23-14-17-28(24-9-7-6-8-10-24)29(18-23)31(36)33-41(38,39)27-15-12-22(2)13-16-27/h6-10,12-20H,4-5,11,21H2,1-3H3,(H,33,36). The molecule has 0 aliphatic heterocycles. The van der Waals surface area contributed by atoms with Gasteiger partial charge in [0.25, 0.3) is 21.5 Å². The molecule has 0 fully saturated rings. The summed E-state index contributed by atoms with van der Waals surface area (Å²) in [7, 11) is -2.87. The molecule has 8 nitrogen and oxygen atoms in total. The van der Waals surface area contributed by atoms with E-state index in [0.29, 0.717) is 23.2 Å². The SMILES string of the molecule is CCCCc1cc(C(=O)OC)cc(=O)n1Cc1ccc(-c2ccccc2)c(C(=O)NS(=O)(=O)c2ccc(C)cc2)c1. The zero-order valence-electron chi connectivity index (χ0n) is 23.2. The van der Waals surface area contributed by atoms with Crippen molar-refractivity contribution in [2.24, 2.45) is 0 Å². The summed E-state index contributed by atoms with van der Waals surface area (Å²) in [5.74, 6) is -1.38. The lowest BCUT2D eigenvalue weighted by Gasteiger charge is -2.16. The van der Waals surface area contributed by atoms with Crippen molar-refractivity contribution in [1.29, 1.82) is 0 Å². The van der Waals surface area contributed by atoms with E-state index in [4.69, 9.17) is 4.74 Å². The third-order valence-electron chi connectivity index (χ3n) is 6.73. The number of nitrogens with zero attached hydrogens (tertiary/aromatic N) is 1. The number of hydrogen-bond acceptors (Lipinski definition) is 6. The molecular formula is C32H32N2O6S. The average Bonchev–Trinajstić information content (AvgIpc) is 2.97. The summed E-state index contributed by atoms with van der Waals surface area (Å²) in [6.45, 7) is 4.00. The zero-order chi connectivity index (χ0) is 29.6. The van der Waals surface area contributed by atoms with E-state index in [0.717, 1.165) is 24.0 Å². The number of amides is 1. The third-order valence-corrected chi connectivity index (χ3v) is 8.08. The van der Waals surface area contributed by atoms with Crippen LogP contribution in [0.3, 0.4) is 0 Å². The summed E-state index contributed by atoms with van der Waals surface area (Å²) >= 11 is 0. The molecule has 0 aliphatic rings. The maximum Gasteiger partial charge on any atom is 0.338 e. The molecule has 1 heterocycles. The van der Waals surface area contributed by atoms with Gasteiger partial charge in [-0.1, -0.05) is 73.5 Å². The monoisotopic (exact) mass is 572 g/mol. The smallest absolute Gasteiger partial charge is 0.338 e. The van der Waals surface area contributed by atoms with Crippen LogP contribution in [-0.2, 0) is 27.7 Å². The van der Waals surface area contributed by atoms with Crippen LogP contribution in [-0.4, -0.2) is 32.0 Å². The molecule has 212 valence electrons. The minimum atomic E-state index is -4.13. The van der Waals surface area contributed by atoms with E-state index in [1.54, 1.807) is 41.0 Å². The lowest BCUT2D eigenvalue weighted by atomic mass is 9.97. The first kappa shape index (κ1) is 29.5. The van der Waals surface area contributed by atoms with Gasteiger partial charge in [-0.05, 0) is 60.7 Å². The van der Waals surface area contributed by atoms with E-state index in [9.17, 15) is 22.8 Å². The quantitative estimate of drug-likeness (QED) is 0.264. The van der Waals surface area contributed by atoms with Gasteiger partial charge in [-0.15, -0.1) is 0 Å². The van der Waals surface area contributed by atoms with E-state index >= 15 is 0 Å². The summed E-state index contributed by atoms with van der Waals surface area (Å²) in [6.07, 6.45) is 2.27. The largest absolute Gasteiger partial charge is 0.465 e. The molecule has 0 saturated heterocycles. The number of unbranched alkanes of at least 4 members (excludes halogenated alkanes) is 1. The van der Waals surface area contributed by atoms with Crippen LogP contribution in [0.15, 0.2) is 94.6 Å². The number of ether oxygens (including phenoxy) is 1. The molecule has 4 aromatic rings. The van der Waals surface area contributed by atoms with E-state index in [2.05, 4.69) is 4.72 Å². The lowest BCUT2D eigenvalue weighted by molar-refractivity contribution is 0.0600. The fourth-order valence-electron chi connectivity index (χ4n) is 4.51.